The molecule has 8 rings (SSSR count). The molecule has 3 atom stereocenters. The number of rotatable bonds is 13. The van der Waals surface area contributed by atoms with Crippen LogP contribution >= 0.6 is 0 Å². The van der Waals surface area contributed by atoms with Gasteiger partial charge in [-0.2, -0.15) is 5.10 Å². The predicted octanol–water partition coefficient (Wildman–Crippen LogP) is 7.76. The summed E-state index contributed by atoms with van der Waals surface area (Å²) in [5, 5.41) is 8.90. The van der Waals surface area contributed by atoms with E-state index in [0.29, 0.717) is 42.6 Å². The molecule has 2 aliphatic carbocycles. The minimum absolute atomic E-state index is 0.0854. The van der Waals surface area contributed by atoms with Crippen molar-refractivity contribution < 1.29 is 23.8 Å². The topological polar surface area (TPSA) is 118 Å². The highest BCUT2D eigenvalue weighted by molar-refractivity contribution is 6.76. The summed E-state index contributed by atoms with van der Waals surface area (Å²) in [5.41, 5.74) is 4.67. The number of fused-ring (bicyclic) bond motifs is 4. The Balaban J connectivity index is 1.15. The summed E-state index contributed by atoms with van der Waals surface area (Å²) in [4.78, 5) is 34.4. The van der Waals surface area contributed by atoms with Crippen LogP contribution in [-0.2, 0) is 29.3 Å². The lowest BCUT2D eigenvalue weighted by molar-refractivity contribution is 0.0485. The summed E-state index contributed by atoms with van der Waals surface area (Å²) < 4.78 is 24.2. The zero-order valence-corrected chi connectivity index (χ0v) is 34.3. The molecule has 4 heterocycles. The number of benzene rings is 2. The van der Waals surface area contributed by atoms with Crippen molar-refractivity contribution in [1.82, 2.24) is 34.1 Å². The van der Waals surface area contributed by atoms with E-state index >= 15 is 0 Å². The van der Waals surface area contributed by atoms with Gasteiger partial charge in [0.15, 0.2) is 5.82 Å². The maximum Gasteiger partial charge on any atom is 0.407 e. The number of aromatic nitrogens is 5. The average molecular weight is 766 g/mol. The van der Waals surface area contributed by atoms with Crippen molar-refractivity contribution in [3.05, 3.63) is 66.0 Å². The summed E-state index contributed by atoms with van der Waals surface area (Å²) in [7, 11) is 0.459. The van der Waals surface area contributed by atoms with Crippen LogP contribution in [0.2, 0.25) is 25.7 Å². The summed E-state index contributed by atoms with van der Waals surface area (Å²) >= 11 is 0. The molecule has 292 valence electrons. The SMILES string of the molecule is COc1cc(C(=O)N2C[C@H]3CC[C@@H]2[C@@H]3NC(=O)OC(C)(C)C)cc2nc(-c3cc4ccccc4n3CC3CC3)n(Cc3cnn(COCC[Si](C)(C)C)c3)c12. The fourth-order valence-corrected chi connectivity index (χ4v) is 9.10. The van der Waals surface area contributed by atoms with Crippen LogP contribution in [0.3, 0.4) is 0 Å². The van der Waals surface area contributed by atoms with Crippen LogP contribution in [-0.4, -0.2) is 86.8 Å². The Bertz CT molecular complexity index is 2220. The summed E-state index contributed by atoms with van der Waals surface area (Å²) in [6.07, 6.45) is 7.74. The van der Waals surface area contributed by atoms with E-state index in [2.05, 4.69) is 69.5 Å². The Morgan fingerprint density at radius 2 is 1.82 bits per heavy atom. The fourth-order valence-electron chi connectivity index (χ4n) is 8.34. The van der Waals surface area contributed by atoms with Crippen molar-refractivity contribution in [1.29, 1.82) is 0 Å². The van der Waals surface area contributed by atoms with Gasteiger partial charge in [0.1, 0.15) is 23.6 Å². The number of likely N-dealkylation sites (tertiary alicyclic amines) is 1. The minimum atomic E-state index is -1.19. The minimum Gasteiger partial charge on any atom is -0.494 e. The average Bonchev–Trinajstić information content (AvgIpc) is 3.44. The molecule has 0 spiro atoms. The second-order valence-corrected chi connectivity index (χ2v) is 23.6. The van der Waals surface area contributed by atoms with Crippen molar-refractivity contribution >= 4 is 42.0 Å². The molecule has 5 aromatic rings. The number of para-hydroxylation sites is 1. The van der Waals surface area contributed by atoms with Crippen LogP contribution in [0.25, 0.3) is 33.5 Å². The largest absolute Gasteiger partial charge is 0.494 e. The smallest absolute Gasteiger partial charge is 0.407 e. The van der Waals surface area contributed by atoms with Crippen LogP contribution < -0.4 is 10.1 Å². The molecule has 12 nitrogen and oxygen atoms in total. The third-order valence-corrected chi connectivity index (χ3v) is 12.9. The molecule has 55 heavy (non-hydrogen) atoms. The normalized spacial score (nSPS) is 19.8. The molecule has 1 aliphatic heterocycles. The fraction of sp³-hybridized carbons (Fsp3) is 0.524. The third kappa shape index (κ3) is 7.91. The van der Waals surface area contributed by atoms with E-state index in [4.69, 9.17) is 19.2 Å². The maximum atomic E-state index is 14.4. The first-order valence-electron chi connectivity index (χ1n) is 19.8. The van der Waals surface area contributed by atoms with Gasteiger partial charge < -0.3 is 33.6 Å². The van der Waals surface area contributed by atoms with E-state index in [-0.39, 0.29) is 23.9 Å². The van der Waals surface area contributed by atoms with Gasteiger partial charge in [0.2, 0.25) is 0 Å². The molecule has 2 bridgehead atoms. The Labute approximate surface area is 324 Å². The van der Waals surface area contributed by atoms with Gasteiger partial charge in [0, 0.05) is 56.0 Å². The molecular formula is C42H55N7O5Si. The number of amides is 2. The lowest BCUT2D eigenvalue weighted by Gasteiger charge is -2.28. The molecule has 3 aromatic heterocycles. The lowest BCUT2D eigenvalue weighted by atomic mass is 10.1. The number of nitrogens with zero attached hydrogens (tertiary/aromatic N) is 6. The zero-order chi connectivity index (χ0) is 38.6. The molecule has 3 aliphatic rings. The van der Waals surface area contributed by atoms with Crippen LogP contribution in [0.5, 0.6) is 5.75 Å². The zero-order valence-electron chi connectivity index (χ0n) is 33.3. The Morgan fingerprint density at radius 1 is 1.02 bits per heavy atom. The molecule has 1 saturated heterocycles. The number of imidazole rings is 1. The highest BCUT2D eigenvalue weighted by Crippen LogP contribution is 2.41. The maximum absolute atomic E-state index is 14.4. The quantitative estimate of drug-likeness (QED) is 0.0962. The number of hydrogen-bond acceptors (Lipinski definition) is 7. The van der Waals surface area contributed by atoms with E-state index in [1.807, 2.05) is 54.9 Å². The summed E-state index contributed by atoms with van der Waals surface area (Å²) in [6.45, 7) is 15.8. The Hall–Kier alpha value is -4.62. The number of carbonyl (C=O) groups is 2. The molecule has 2 aromatic carbocycles. The number of methoxy groups -OCH3 is 1. The summed E-state index contributed by atoms with van der Waals surface area (Å²) in [6, 6.07) is 15.4. The van der Waals surface area contributed by atoms with Gasteiger partial charge >= 0.3 is 6.09 Å². The molecule has 2 amide bonds. The Morgan fingerprint density at radius 3 is 2.56 bits per heavy atom. The first-order valence-corrected chi connectivity index (χ1v) is 23.5. The monoisotopic (exact) mass is 765 g/mol. The number of alkyl carbamates (subject to hydrolysis) is 1. The number of carbonyl (C=O) groups excluding carboxylic acids is 2. The standard InChI is InChI=1S/C42H55N7O5Si/c1-42(2,3)54-41(51)45-37-30-14-15-34(37)48(25-30)40(50)31-18-32-38(36(20-31)52-4)49(24-28-21-43-46(22-28)26-53-16-17-55(5,6)7)39(44-32)35-19-29-10-8-9-11-33(29)47(35)23-27-12-13-27/h8-11,18-22,27,30,34,37H,12-17,23-26H2,1-7H3,(H,45,51)/t30-,34-,37-/m1/s1. The molecular weight excluding hydrogens is 711 g/mol. The van der Waals surface area contributed by atoms with Gasteiger partial charge in [-0.1, -0.05) is 37.8 Å². The van der Waals surface area contributed by atoms with Gasteiger partial charge in [-0.05, 0) is 88.6 Å². The second kappa shape index (κ2) is 14.5. The Kier molecular flexibility index (Phi) is 9.81. The van der Waals surface area contributed by atoms with Crippen molar-refractivity contribution in [2.75, 3.05) is 20.3 Å². The highest BCUT2D eigenvalue weighted by atomic mass is 28.3. The van der Waals surface area contributed by atoms with Crippen molar-refractivity contribution in [2.24, 2.45) is 11.8 Å². The molecule has 1 N–H and O–H groups in total. The van der Waals surface area contributed by atoms with E-state index in [9.17, 15) is 9.59 Å². The molecule has 3 fully saturated rings. The first kappa shape index (κ1) is 37.3. The van der Waals surface area contributed by atoms with Gasteiger partial charge in [0.05, 0.1) is 43.1 Å². The van der Waals surface area contributed by atoms with Crippen LogP contribution in [0.15, 0.2) is 54.9 Å². The number of ether oxygens (including phenoxy) is 3. The van der Waals surface area contributed by atoms with Crippen LogP contribution in [0.4, 0.5) is 4.79 Å². The number of piperidine rings is 1. The lowest BCUT2D eigenvalue weighted by Crippen LogP contribution is -2.46. The van der Waals surface area contributed by atoms with E-state index < -0.39 is 19.8 Å². The number of nitrogens with one attached hydrogen (secondary N) is 1. The van der Waals surface area contributed by atoms with Gasteiger partial charge in [-0.25, -0.2) is 14.5 Å². The second-order valence-electron chi connectivity index (χ2n) is 18.0. The van der Waals surface area contributed by atoms with Crippen molar-refractivity contribution in [3.63, 3.8) is 0 Å². The molecule has 13 heteroatoms. The third-order valence-electron chi connectivity index (χ3n) is 11.2. The van der Waals surface area contributed by atoms with E-state index in [1.165, 1.54) is 23.7 Å². The first-order chi connectivity index (χ1) is 26.2. The number of hydrogen-bond donors (Lipinski definition) is 1. The molecule has 0 radical (unpaired) electrons. The van der Waals surface area contributed by atoms with Gasteiger partial charge in [-0.3, -0.25) is 4.79 Å². The van der Waals surface area contributed by atoms with Crippen LogP contribution in [0.1, 0.15) is 62.4 Å². The highest BCUT2D eigenvalue weighted by Gasteiger charge is 2.50. The van der Waals surface area contributed by atoms with E-state index in [1.54, 1.807) is 7.11 Å². The van der Waals surface area contributed by atoms with Crippen LogP contribution in [0, 0.1) is 11.8 Å². The van der Waals surface area contributed by atoms with Gasteiger partial charge in [0.25, 0.3) is 5.91 Å². The van der Waals surface area contributed by atoms with Crippen molar-refractivity contribution in [2.45, 2.75) is 110 Å². The predicted molar refractivity (Wildman–Crippen MR) is 216 cm³/mol. The van der Waals surface area contributed by atoms with Gasteiger partial charge in [-0.15, -0.1) is 0 Å². The summed E-state index contributed by atoms with van der Waals surface area (Å²) in [5.74, 6) is 2.14. The van der Waals surface area contributed by atoms with Crippen molar-refractivity contribution in [3.8, 4) is 17.3 Å². The molecule has 0 unspecified atom stereocenters. The molecule has 2 saturated carbocycles. The van der Waals surface area contributed by atoms with E-state index in [0.717, 1.165) is 54.6 Å².